The van der Waals surface area contributed by atoms with E-state index < -0.39 is 29.8 Å². The van der Waals surface area contributed by atoms with Crippen molar-refractivity contribution in [2.24, 2.45) is 5.92 Å². The van der Waals surface area contributed by atoms with Crippen LogP contribution in [0.4, 0.5) is 0 Å². The summed E-state index contributed by atoms with van der Waals surface area (Å²) in [6, 6.07) is -1.16. The molecule has 1 amide bonds. The van der Waals surface area contributed by atoms with Crippen LogP contribution in [0.5, 0.6) is 0 Å². The summed E-state index contributed by atoms with van der Waals surface area (Å²) < 4.78 is 0. The predicted octanol–water partition coefficient (Wildman–Crippen LogP) is -0.0724. The molecule has 0 fully saturated rings. The van der Waals surface area contributed by atoms with Gasteiger partial charge in [0.05, 0.1) is 18.6 Å². The van der Waals surface area contributed by atoms with E-state index in [-0.39, 0.29) is 37.9 Å². The van der Waals surface area contributed by atoms with Crippen LogP contribution in [-0.4, -0.2) is 59.8 Å². The van der Waals surface area contributed by atoms with Crippen LogP contribution in [0.3, 0.4) is 0 Å². The maximum absolute atomic E-state index is 12.1. The summed E-state index contributed by atoms with van der Waals surface area (Å²) in [5.74, 6) is -4.23. The maximum Gasteiger partial charge on any atom is 0.326 e. The number of Topliss-reactive ketones (excluding diaryl/α,β-unsaturated/α-hetero) is 1. The van der Waals surface area contributed by atoms with Crippen LogP contribution < -0.4 is 5.32 Å². The minimum absolute atomic E-state index is 0.0281. The first-order valence-corrected chi connectivity index (χ1v) is 8.56. The number of H-pyrrole nitrogens is 2. The number of nitrogens with zero attached hydrogens (tertiary/aromatic N) is 2. The summed E-state index contributed by atoms with van der Waals surface area (Å²) in [6.07, 6.45) is 5.30. The molecular formula is C17H21N5O6. The predicted molar refractivity (Wildman–Crippen MR) is 94.1 cm³/mol. The molecule has 0 aliphatic carbocycles. The molecule has 2 atom stereocenters. The summed E-state index contributed by atoms with van der Waals surface area (Å²) in [4.78, 5) is 59.8. The van der Waals surface area contributed by atoms with Crippen LogP contribution in [0.15, 0.2) is 25.0 Å². The van der Waals surface area contributed by atoms with Crippen LogP contribution in [-0.2, 0) is 32.0 Å². The molecule has 2 aromatic heterocycles. The molecule has 0 aromatic carbocycles. The van der Waals surface area contributed by atoms with Crippen molar-refractivity contribution < 1.29 is 29.4 Å². The van der Waals surface area contributed by atoms with E-state index >= 15 is 0 Å². The molecule has 2 heterocycles. The van der Waals surface area contributed by atoms with E-state index in [0.29, 0.717) is 11.4 Å². The third-order valence-corrected chi connectivity index (χ3v) is 4.09. The van der Waals surface area contributed by atoms with Gasteiger partial charge in [-0.1, -0.05) is 0 Å². The van der Waals surface area contributed by atoms with Gasteiger partial charge in [-0.3, -0.25) is 14.4 Å². The Bertz CT molecular complexity index is 734. The zero-order chi connectivity index (χ0) is 20.5. The van der Waals surface area contributed by atoms with E-state index in [0.717, 1.165) is 0 Å². The van der Waals surface area contributed by atoms with Crippen molar-refractivity contribution in [3.8, 4) is 0 Å². The highest BCUT2D eigenvalue weighted by Gasteiger charge is 2.24. The van der Waals surface area contributed by atoms with Gasteiger partial charge in [0.1, 0.15) is 11.8 Å². The van der Waals surface area contributed by atoms with Crippen LogP contribution in [0.2, 0.25) is 0 Å². The lowest BCUT2D eigenvalue weighted by Gasteiger charge is -2.14. The van der Waals surface area contributed by atoms with Gasteiger partial charge in [-0.25, -0.2) is 14.8 Å². The molecule has 0 saturated heterocycles. The second-order valence-corrected chi connectivity index (χ2v) is 6.30. The zero-order valence-electron chi connectivity index (χ0n) is 14.9. The Balaban J connectivity index is 1.80. The van der Waals surface area contributed by atoms with Gasteiger partial charge in [0.2, 0.25) is 5.91 Å². The first kappa shape index (κ1) is 20.8. The molecule has 5 N–H and O–H groups in total. The number of rotatable bonds is 12. The lowest BCUT2D eigenvalue weighted by atomic mass is 9.95. The van der Waals surface area contributed by atoms with Gasteiger partial charge in [0, 0.05) is 55.9 Å². The topological polar surface area (TPSA) is 178 Å². The molecular weight excluding hydrogens is 370 g/mol. The van der Waals surface area contributed by atoms with Crippen LogP contribution >= 0.6 is 0 Å². The third kappa shape index (κ3) is 6.67. The summed E-state index contributed by atoms with van der Waals surface area (Å²) in [5, 5.41) is 20.8. The molecule has 0 bridgehead atoms. The number of carbonyl (C=O) groups excluding carboxylic acids is 2. The molecule has 0 spiro atoms. The first-order chi connectivity index (χ1) is 13.3. The van der Waals surface area contributed by atoms with Gasteiger partial charge in [-0.15, -0.1) is 0 Å². The first-order valence-electron chi connectivity index (χ1n) is 8.56. The normalized spacial score (nSPS) is 12.9. The Kier molecular flexibility index (Phi) is 7.43. The molecule has 0 saturated carbocycles. The number of imidazole rings is 2. The van der Waals surface area contributed by atoms with E-state index in [9.17, 15) is 29.4 Å². The van der Waals surface area contributed by atoms with Gasteiger partial charge >= 0.3 is 11.9 Å². The van der Waals surface area contributed by atoms with E-state index in [4.69, 9.17) is 0 Å². The Morgan fingerprint density at radius 3 is 2.04 bits per heavy atom. The molecule has 11 nitrogen and oxygen atoms in total. The second-order valence-electron chi connectivity index (χ2n) is 6.30. The van der Waals surface area contributed by atoms with Crippen LogP contribution in [0.1, 0.15) is 30.7 Å². The second kappa shape index (κ2) is 10.00. The number of hydrogen-bond donors (Lipinski definition) is 5. The number of aromatic nitrogens is 4. The molecule has 11 heteroatoms. The Labute approximate surface area is 159 Å². The number of ketones is 1. The fourth-order valence-electron chi connectivity index (χ4n) is 2.62. The monoisotopic (exact) mass is 391 g/mol. The summed E-state index contributed by atoms with van der Waals surface area (Å²) in [7, 11) is 0. The Hall–Kier alpha value is -3.50. The average Bonchev–Trinajstić information content (AvgIpc) is 3.32. The fraction of sp³-hybridized carbons (Fsp3) is 0.412. The lowest BCUT2D eigenvalue weighted by Crippen LogP contribution is -2.42. The lowest BCUT2D eigenvalue weighted by molar-refractivity contribution is -0.144. The van der Waals surface area contributed by atoms with Crippen LogP contribution in [0, 0.1) is 5.92 Å². The van der Waals surface area contributed by atoms with Crippen molar-refractivity contribution in [1.29, 1.82) is 0 Å². The SMILES string of the molecule is O=C(CCC(=O)N[C@@H](Cc1cnc[nH]1)C(=O)O)C[C@H](Cc1cnc[nH]1)C(=O)O. The van der Waals surface area contributed by atoms with Crippen molar-refractivity contribution in [2.45, 2.75) is 38.1 Å². The van der Waals surface area contributed by atoms with Gasteiger partial charge < -0.3 is 25.5 Å². The third-order valence-electron chi connectivity index (χ3n) is 4.09. The number of amides is 1. The Morgan fingerprint density at radius 2 is 1.54 bits per heavy atom. The molecule has 2 rings (SSSR count). The van der Waals surface area contributed by atoms with E-state index in [1.54, 1.807) is 0 Å². The highest BCUT2D eigenvalue weighted by molar-refractivity contribution is 5.89. The molecule has 0 aliphatic rings. The van der Waals surface area contributed by atoms with Crippen LogP contribution in [0.25, 0.3) is 0 Å². The minimum Gasteiger partial charge on any atom is -0.481 e. The minimum atomic E-state index is -1.21. The largest absolute Gasteiger partial charge is 0.481 e. The number of hydrogen-bond acceptors (Lipinski definition) is 6. The molecule has 28 heavy (non-hydrogen) atoms. The molecule has 0 aliphatic heterocycles. The number of nitrogens with one attached hydrogen (secondary N) is 3. The average molecular weight is 391 g/mol. The molecule has 0 unspecified atom stereocenters. The quantitative estimate of drug-likeness (QED) is 0.333. The summed E-state index contributed by atoms with van der Waals surface area (Å²) >= 11 is 0. The Morgan fingerprint density at radius 1 is 0.929 bits per heavy atom. The molecule has 2 aromatic rings. The summed E-state index contributed by atoms with van der Waals surface area (Å²) in [6.45, 7) is 0. The van der Waals surface area contributed by atoms with Gasteiger partial charge in [-0.2, -0.15) is 0 Å². The number of carboxylic acids is 2. The maximum atomic E-state index is 12.1. The van der Waals surface area contributed by atoms with E-state index in [1.807, 2.05) is 0 Å². The number of carboxylic acid groups (broad SMARTS) is 2. The van der Waals surface area contributed by atoms with E-state index in [2.05, 4.69) is 25.3 Å². The smallest absolute Gasteiger partial charge is 0.326 e. The van der Waals surface area contributed by atoms with Crippen molar-refractivity contribution in [3.63, 3.8) is 0 Å². The van der Waals surface area contributed by atoms with Gasteiger partial charge in [0.15, 0.2) is 0 Å². The number of aliphatic carboxylic acids is 2. The number of carbonyl (C=O) groups is 4. The van der Waals surface area contributed by atoms with Crippen molar-refractivity contribution in [2.75, 3.05) is 0 Å². The standard InChI is InChI=1S/C17H21N5O6/c23-13(4-10(16(25)26)3-11-6-18-8-20-11)1-2-15(24)22-14(17(27)28)5-12-7-19-9-21-12/h6-10,14H,1-5H2,(H,18,20)(H,19,21)(H,22,24)(H,25,26)(H,27,28)/t10-,14-/m0/s1. The van der Waals surface area contributed by atoms with Gasteiger partial charge in [0.25, 0.3) is 0 Å². The fourth-order valence-corrected chi connectivity index (χ4v) is 2.62. The molecule has 0 radical (unpaired) electrons. The van der Waals surface area contributed by atoms with Crippen molar-refractivity contribution >= 4 is 23.6 Å². The zero-order valence-corrected chi connectivity index (χ0v) is 14.9. The molecule has 150 valence electrons. The summed E-state index contributed by atoms with van der Waals surface area (Å²) in [5.41, 5.74) is 1.15. The van der Waals surface area contributed by atoms with Crippen molar-refractivity contribution in [1.82, 2.24) is 25.3 Å². The highest BCUT2D eigenvalue weighted by atomic mass is 16.4. The van der Waals surface area contributed by atoms with E-state index in [1.165, 1.54) is 25.0 Å². The highest BCUT2D eigenvalue weighted by Crippen LogP contribution is 2.13. The van der Waals surface area contributed by atoms with Crippen molar-refractivity contribution in [3.05, 3.63) is 36.4 Å². The number of aromatic amines is 2. The van der Waals surface area contributed by atoms with Gasteiger partial charge in [-0.05, 0) is 0 Å².